The summed E-state index contributed by atoms with van der Waals surface area (Å²) < 4.78 is 0. The van der Waals surface area contributed by atoms with Gasteiger partial charge in [-0.2, -0.15) is 4.99 Å². The summed E-state index contributed by atoms with van der Waals surface area (Å²) in [6.07, 6.45) is 2.79. The number of hydrogen-bond donors (Lipinski definition) is 2. The van der Waals surface area contributed by atoms with Crippen molar-refractivity contribution in [3.8, 4) is 0 Å². The van der Waals surface area contributed by atoms with E-state index < -0.39 is 28.3 Å². The molecule has 2 unspecified atom stereocenters. The molecule has 0 amide bonds. The minimum absolute atomic E-state index is 0.813. The summed E-state index contributed by atoms with van der Waals surface area (Å²) in [5.74, 6) is -1.79. The van der Waals surface area contributed by atoms with Crippen LogP contribution in [-0.4, -0.2) is 44.6 Å². The number of carbonyl (C=O) groups is 2. The first-order chi connectivity index (χ1) is 8.52. The van der Waals surface area contributed by atoms with Gasteiger partial charge in [-0.25, -0.2) is 4.79 Å². The van der Waals surface area contributed by atoms with Gasteiger partial charge in [0.15, 0.2) is 22.8 Å². The van der Waals surface area contributed by atoms with Crippen molar-refractivity contribution in [3.05, 3.63) is 25.3 Å². The van der Waals surface area contributed by atoms with Gasteiger partial charge in [0.2, 0.25) is 6.08 Å². The predicted molar refractivity (Wildman–Crippen MR) is 68.2 cm³/mol. The van der Waals surface area contributed by atoms with Crippen molar-refractivity contribution in [1.29, 1.82) is 0 Å². The van der Waals surface area contributed by atoms with Crippen molar-refractivity contribution in [2.75, 3.05) is 0 Å². The molecule has 0 bridgehead atoms. The van der Waals surface area contributed by atoms with E-state index in [1.165, 1.54) is 0 Å². The van der Waals surface area contributed by atoms with Gasteiger partial charge in [-0.05, 0) is 32.9 Å². The first-order valence-electron chi connectivity index (χ1n) is 5.40. The van der Waals surface area contributed by atoms with Crippen molar-refractivity contribution in [1.82, 2.24) is 0 Å². The Hall–Kier alpha value is -1.88. The van der Waals surface area contributed by atoms with E-state index in [1.807, 2.05) is 0 Å². The summed E-state index contributed by atoms with van der Waals surface area (Å²) in [4.78, 5) is 37.3. The number of carbonyl (C=O) groups excluding carboxylic acids is 3. The monoisotopic (exact) mass is 267 g/mol. The topological polar surface area (TPSA) is 104 Å². The van der Waals surface area contributed by atoms with E-state index in [-0.39, 0.29) is 0 Å². The van der Waals surface area contributed by atoms with Crippen LogP contribution in [0.5, 0.6) is 0 Å². The summed E-state index contributed by atoms with van der Waals surface area (Å²) in [5.41, 5.74) is -6.79. The van der Waals surface area contributed by atoms with Gasteiger partial charge in [0.1, 0.15) is 5.54 Å². The summed E-state index contributed by atoms with van der Waals surface area (Å²) >= 11 is 0. The Labute approximate surface area is 111 Å². The molecule has 0 aliphatic rings. The van der Waals surface area contributed by atoms with Gasteiger partial charge in [-0.1, -0.05) is 13.2 Å². The SMILES string of the molecule is C=CC(=O)C(C)(O)C(C)(N=C=O)C(C)(O)C(=O)C=C. The zero-order chi connectivity index (χ0) is 15.5. The quantitative estimate of drug-likeness (QED) is 0.386. The fraction of sp³-hybridized carbons (Fsp3) is 0.462. The second kappa shape index (κ2) is 5.40. The van der Waals surface area contributed by atoms with E-state index in [9.17, 15) is 24.6 Å². The molecule has 19 heavy (non-hydrogen) atoms. The van der Waals surface area contributed by atoms with Crippen LogP contribution in [0.15, 0.2) is 30.3 Å². The van der Waals surface area contributed by atoms with Crippen LogP contribution < -0.4 is 0 Å². The van der Waals surface area contributed by atoms with Crippen molar-refractivity contribution in [2.45, 2.75) is 37.5 Å². The Kier molecular flexibility index (Phi) is 4.87. The molecule has 0 spiro atoms. The van der Waals surface area contributed by atoms with E-state index in [0.717, 1.165) is 39.0 Å². The van der Waals surface area contributed by atoms with Gasteiger partial charge < -0.3 is 10.2 Å². The lowest BCUT2D eigenvalue weighted by Gasteiger charge is -2.44. The number of aliphatic hydroxyl groups is 2. The summed E-state index contributed by atoms with van der Waals surface area (Å²) in [6.45, 7) is 9.58. The number of ketones is 2. The van der Waals surface area contributed by atoms with Gasteiger partial charge in [0.25, 0.3) is 0 Å². The van der Waals surface area contributed by atoms with Crippen LogP contribution in [0.1, 0.15) is 20.8 Å². The molecule has 0 radical (unpaired) electrons. The molecule has 0 saturated heterocycles. The van der Waals surface area contributed by atoms with E-state index in [0.29, 0.717) is 0 Å². The fourth-order valence-electron chi connectivity index (χ4n) is 1.66. The molecule has 0 fully saturated rings. The number of aliphatic imine (C=N–C) groups is 1. The maximum Gasteiger partial charge on any atom is 0.235 e. The van der Waals surface area contributed by atoms with Crippen LogP contribution in [0, 0.1) is 0 Å². The van der Waals surface area contributed by atoms with Crippen LogP contribution in [0.4, 0.5) is 0 Å². The highest BCUT2D eigenvalue weighted by Gasteiger charge is 2.61. The molecule has 0 aromatic rings. The third kappa shape index (κ3) is 2.46. The molecular formula is C13H17NO5. The minimum atomic E-state index is -2.33. The molecule has 2 N–H and O–H groups in total. The maximum atomic E-state index is 11.7. The third-order valence-corrected chi connectivity index (χ3v) is 3.50. The summed E-state index contributed by atoms with van der Waals surface area (Å²) in [6, 6.07) is 0. The Morgan fingerprint density at radius 3 is 1.58 bits per heavy atom. The molecule has 0 aliphatic heterocycles. The van der Waals surface area contributed by atoms with E-state index in [1.54, 1.807) is 0 Å². The molecule has 6 nitrogen and oxygen atoms in total. The second-order valence-corrected chi connectivity index (χ2v) is 4.56. The van der Waals surface area contributed by atoms with Crippen molar-refractivity contribution >= 4 is 17.6 Å². The molecule has 0 aromatic carbocycles. The molecule has 0 rings (SSSR count). The van der Waals surface area contributed by atoms with Gasteiger partial charge in [-0.15, -0.1) is 0 Å². The summed E-state index contributed by atoms with van der Waals surface area (Å²) in [7, 11) is 0. The Morgan fingerprint density at radius 1 is 1.05 bits per heavy atom. The van der Waals surface area contributed by atoms with Gasteiger partial charge in [-0.3, -0.25) is 9.59 Å². The van der Waals surface area contributed by atoms with E-state index >= 15 is 0 Å². The molecule has 104 valence electrons. The standard InChI is InChI=1S/C13H17NO5/c1-6-9(16)11(3,18)13(5,14-8-15)12(4,19)10(17)7-2/h6-7,18-19H,1-2H2,3-5H3. The molecule has 0 aromatic heterocycles. The van der Waals surface area contributed by atoms with Gasteiger partial charge in [0.05, 0.1) is 0 Å². The van der Waals surface area contributed by atoms with Crippen LogP contribution in [0.2, 0.25) is 0 Å². The smallest absolute Gasteiger partial charge is 0.235 e. The molecule has 2 atom stereocenters. The van der Waals surface area contributed by atoms with Crippen molar-refractivity contribution in [3.63, 3.8) is 0 Å². The normalized spacial score (nSPS) is 19.8. The van der Waals surface area contributed by atoms with Crippen LogP contribution in [0.3, 0.4) is 0 Å². The van der Waals surface area contributed by atoms with Crippen molar-refractivity contribution in [2.24, 2.45) is 4.99 Å². The predicted octanol–water partition coefficient (Wildman–Crippen LogP) is 0.0931. The Balaban J connectivity index is 6.24. The molecule has 6 heteroatoms. The number of nitrogens with zero attached hydrogens (tertiary/aromatic N) is 1. The highest BCUT2D eigenvalue weighted by atomic mass is 16.3. The molecule has 0 saturated carbocycles. The highest BCUT2D eigenvalue weighted by Crippen LogP contribution is 2.38. The Bertz CT molecular complexity index is 437. The highest BCUT2D eigenvalue weighted by molar-refractivity contribution is 6.02. The van der Waals surface area contributed by atoms with Gasteiger partial charge in [0, 0.05) is 0 Å². The average molecular weight is 267 g/mol. The number of hydrogen-bond acceptors (Lipinski definition) is 6. The second-order valence-electron chi connectivity index (χ2n) is 4.56. The lowest BCUT2D eigenvalue weighted by molar-refractivity contribution is -0.161. The maximum absolute atomic E-state index is 11.7. The molecule has 0 heterocycles. The minimum Gasteiger partial charge on any atom is -0.379 e. The molecule has 0 aliphatic carbocycles. The number of isocyanates is 1. The van der Waals surface area contributed by atoms with Gasteiger partial charge >= 0.3 is 0 Å². The Morgan fingerprint density at radius 2 is 1.37 bits per heavy atom. The number of rotatable bonds is 7. The lowest BCUT2D eigenvalue weighted by Crippen LogP contribution is -2.68. The van der Waals surface area contributed by atoms with Crippen LogP contribution in [0.25, 0.3) is 0 Å². The first kappa shape index (κ1) is 17.1. The summed E-state index contributed by atoms with van der Waals surface area (Å²) in [5, 5.41) is 20.5. The van der Waals surface area contributed by atoms with Crippen LogP contribution >= 0.6 is 0 Å². The lowest BCUT2D eigenvalue weighted by atomic mass is 9.67. The molecular weight excluding hydrogens is 250 g/mol. The fourth-order valence-corrected chi connectivity index (χ4v) is 1.66. The first-order valence-corrected chi connectivity index (χ1v) is 5.40. The zero-order valence-corrected chi connectivity index (χ0v) is 11.1. The third-order valence-electron chi connectivity index (χ3n) is 3.50. The van der Waals surface area contributed by atoms with E-state index in [4.69, 9.17) is 0 Å². The van der Waals surface area contributed by atoms with E-state index in [2.05, 4.69) is 18.2 Å². The largest absolute Gasteiger partial charge is 0.379 e. The van der Waals surface area contributed by atoms with Crippen LogP contribution in [-0.2, 0) is 14.4 Å². The zero-order valence-electron chi connectivity index (χ0n) is 11.1. The average Bonchev–Trinajstić information content (AvgIpc) is 2.36. The van der Waals surface area contributed by atoms with Crippen molar-refractivity contribution < 1.29 is 24.6 Å².